The van der Waals surface area contributed by atoms with Crippen molar-refractivity contribution in [2.75, 3.05) is 6.61 Å². The molecule has 8 heteroatoms. The number of benzene rings is 2. The largest absolute Gasteiger partial charge is 0.492 e. The monoisotopic (exact) mass is 523 g/mol. The zero-order valence-electron chi connectivity index (χ0n) is 20.4. The van der Waals surface area contributed by atoms with Gasteiger partial charge in [0.05, 0.1) is 23.5 Å². The Labute approximate surface area is 214 Å². The molecular formula is C28H33ClF3NO3. The Morgan fingerprint density at radius 1 is 1.08 bits per heavy atom. The minimum absolute atomic E-state index is 0.110. The number of aliphatic carboxylic acids is 1. The van der Waals surface area contributed by atoms with Crippen molar-refractivity contribution in [1.82, 2.24) is 4.90 Å². The van der Waals surface area contributed by atoms with E-state index < -0.39 is 18.1 Å². The van der Waals surface area contributed by atoms with E-state index in [0.29, 0.717) is 55.1 Å². The standard InChI is InChI=1S/C28H33ClF3NO3/c1-16(33-22-8-9-23(33)14-20(13-22)27(34)35)18-4-10-24-19(12-18)5-11-25(26(24)29)36-15-17-2-6-21(7-3-17)28(30,31)32/h4-5,10-12,16-17,20-23H,2-3,6-9,13-15H2,1H3,(H,34,35)/t16-,17?,20?,21?,22?,23?/m0/s1. The number of carboxylic acids is 1. The third-order valence-corrected chi connectivity index (χ3v) is 9.19. The summed E-state index contributed by atoms with van der Waals surface area (Å²) in [6.07, 6.45) is 0.804. The minimum Gasteiger partial charge on any atom is -0.492 e. The van der Waals surface area contributed by atoms with Crippen molar-refractivity contribution >= 4 is 28.3 Å². The quantitative estimate of drug-likeness (QED) is 0.423. The summed E-state index contributed by atoms with van der Waals surface area (Å²) < 4.78 is 44.7. The summed E-state index contributed by atoms with van der Waals surface area (Å²) >= 11 is 6.69. The van der Waals surface area contributed by atoms with Gasteiger partial charge >= 0.3 is 12.1 Å². The Balaban J connectivity index is 1.25. The van der Waals surface area contributed by atoms with Gasteiger partial charge in [-0.15, -0.1) is 0 Å². The Hall–Kier alpha value is -1.99. The molecule has 2 bridgehead atoms. The molecule has 36 heavy (non-hydrogen) atoms. The second-order valence-electron chi connectivity index (χ2n) is 10.9. The van der Waals surface area contributed by atoms with Crippen LogP contribution in [0.2, 0.25) is 5.02 Å². The summed E-state index contributed by atoms with van der Waals surface area (Å²) in [5.74, 6) is -1.42. The number of alkyl halides is 3. The SMILES string of the molecule is C[C@@H](c1ccc2c(Cl)c(OCC3CCC(C(F)(F)F)CC3)ccc2c1)N1C2CCC1CC(C(=O)O)C2. The molecule has 0 amide bonds. The number of piperidine rings is 1. The molecular weight excluding hydrogens is 491 g/mol. The average Bonchev–Trinajstić information content (AvgIpc) is 3.11. The van der Waals surface area contributed by atoms with Crippen LogP contribution in [0.5, 0.6) is 5.75 Å². The van der Waals surface area contributed by atoms with Crippen molar-refractivity contribution in [2.24, 2.45) is 17.8 Å². The zero-order valence-corrected chi connectivity index (χ0v) is 21.2. The summed E-state index contributed by atoms with van der Waals surface area (Å²) in [7, 11) is 0. The van der Waals surface area contributed by atoms with E-state index in [9.17, 15) is 23.1 Å². The highest BCUT2D eigenvalue weighted by Gasteiger charge is 2.45. The number of rotatable bonds is 6. The number of fused-ring (bicyclic) bond motifs is 3. The maximum Gasteiger partial charge on any atom is 0.391 e. The predicted molar refractivity (Wildman–Crippen MR) is 133 cm³/mol. The second kappa shape index (κ2) is 10.1. The molecule has 1 N–H and O–H groups in total. The molecule has 3 atom stereocenters. The average molecular weight is 524 g/mol. The summed E-state index contributed by atoms with van der Waals surface area (Å²) in [5, 5.41) is 11.9. The van der Waals surface area contributed by atoms with Gasteiger partial charge in [0.15, 0.2) is 0 Å². The maximum absolute atomic E-state index is 12.9. The molecule has 4 nitrogen and oxygen atoms in total. The zero-order chi connectivity index (χ0) is 25.6. The van der Waals surface area contributed by atoms with Gasteiger partial charge in [0.2, 0.25) is 0 Å². The fraction of sp³-hybridized carbons (Fsp3) is 0.607. The fourth-order valence-corrected chi connectivity index (χ4v) is 7.03. The van der Waals surface area contributed by atoms with Crippen LogP contribution in [-0.2, 0) is 4.79 Å². The lowest BCUT2D eigenvalue weighted by molar-refractivity contribution is -0.184. The van der Waals surface area contributed by atoms with E-state index in [0.717, 1.165) is 23.6 Å². The van der Waals surface area contributed by atoms with Crippen LogP contribution in [0.15, 0.2) is 30.3 Å². The molecule has 0 aromatic heterocycles. The summed E-state index contributed by atoms with van der Waals surface area (Å²) in [6, 6.07) is 10.9. The first-order valence-electron chi connectivity index (χ1n) is 13.0. The summed E-state index contributed by atoms with van der Waals surface area (Å²) in [4.78, 5) is 14.0. The third kappa shape index (κ3) is 5.06. The van der Waals surface area contributed by atoms with Gasteiger partial charge in [-0.1, -0.05) is 29.8 Å². The highest BCUT2D eigenvalue weighted by atomic mass is 35.5. The van der Waals surface area contributed by atoms with Crippen LogP contribution < -0.4 is 4.74 Å². The molecule has 2 saturated heterocycles. The highest BCUT2D eigenvalue weighted by molar-refractivity contribution is 6.37. The topological polar surface area (TPSA) is 49.8 Å². The van der Waals surface area contributed by atoms with Gasteiger partial charge in [-0.3, -0.25) is 9.69 Å². The van der Waals surface area contributed by atoms with E-state index in [2.05, 4.69) is 24.0 Å². The molecule has 5 rings (SSSR count). The molecule has 2 aliphatic heterocycles. The van der Waals surface area contributed by atoms with E-state index in [1.807, 2.05) is 18.2 Å². The Morgan fingerprint density at radius 3 is 2.36 bits per heavy atom. The number of carbonyl (C=O) groups is 1. The van der Waals surface area contributed by atoms with E-state index in [4.69, 9.17) is 16.3 Å². The number of hydrogen-bond acceptors (Lipinski definition) is 3. The van der Waals surface area contributed by atoms with Crippen LogP contribution in [-0.4, -0.2) is 40.8 Å². The van der Waals surface area contributed by atoms with Crippen molar-refractivity contribution in [3.05, 3.63) is 40.9 Å². The van der Waals surface area contributed by atoms with Gasteiger partial charge in [-0.2, -0.15) is 13.2 Å². The van der Waals surface area contributed by atoms with Crippen molar-refractivity contribution in [2.45, 2.75) is 82.6 Å². The number of nitrogens with zero attached hydrogens (tertiary/aromatic N) is 1. The van der Waals surface area contributed by atoms with Gasteiger partial charge in [-0.25, -0.2) is 0 Å². The first-order valence-corrected chi connectivity index (χ1v) is 13.4. The highest BCUT2D eigenvalue weighted by Crippen LogP contribution is 2.45. The normalized spacial score (nSPS) is 29.9. The predicted octanol–water partition coefficient (Wildman–Crippen LogP) is 7.63. The molecule has 2 aromatic rings. The summed E-state index contributed by atoms with van der Waals surface area (Å²) in [5.41, 5.74) is 1.18. The lowest BCUT2D eigenvalue weighted by Gasteiger charge is -2.41. The van der Waals surface area contributed by atoms with Gasteiger partial charge in [-0.05, 0) is 87.3 Å². The maximum atomic E-state index is 12.9. The smallest absolute Gasteiger partial charge is 0.391 e. The molecule has 0 radical (unpaired) electrons. The molecule has 2 heterocycles. The van der Waals surface area contributed by atoms with Gasteiger partial charge in [0.25, 0.3) is 0 Å². The molecule has 1 saturated carbocycles. The summed E-state index contributed by atoms with van der Waals surface area (Å²) in [6.45, 7) is 2.57. The van der Waals surface area contributed by atoms with E-state index >= 15 is 0 Å². The third-order valence-electron chi connectivity index (χ3n) is 8.80. The van der Waals surface area contributed by atoms with E-state index in [1.54, 1.807) is 0 Å². The molecule has 3 fully saturated rings. The van der Waals surface area contributed by atoms with Gasteiger partial charge < -0.3 is 9.84 Å². The van der Waals surface area contributed by atoms with Crippen LogP contribution in [0, 0.1) is 17.8 Å². The number of ether oxygens (including phenoxy) is 1. The molecule has 2 unspecified atom stereocenters. The van der Waals surface area contributed by atoms with Crippen molar-refractivity contribution in [1.29, 1.82) is 0 Å². The lowest BCUT2D eigenvalue weighted by Crippen LogP contribution is -2.45. The second-order valence-corrected chi connectivity index (χ2v) is 11.3. The fourth-order valence-electron chi connectivity index (χ4n) is 6.75. The molecule has 3 aliphatic rings. The van der Waals surface area contributed by atoms with Gasteiger partial charge in [0, 0.05) is 23.5 Å². The molecule has 0 spiro atoms. The first kappa shape index (κ1) is 25.7. The minimum atomic E-state index is -4.10. The number of hydrogen-bond donors (Lipinski definition) is 1. The number of halogens is 4. The van der Waals surface area contributed by atoms with Gasteiger partial charge in [0.1, 0.15) is 5.75 Å². The van der Waals surface area contributed by atoms with Crippen LogP contribution in [0.25, 0.3) is 10.8 Å². The van der Waals surface area contributed by atoms with Crippen LogP contribution in [0.3, 0.4) is 0 Å². The Morgan fingerprint density at radius 2 is 1.75 bits per heavy atom. The molecule has 196 valence electrons. The first-order chi connectivity index (χ1) is 17.1. The molecule has 1 aliphatic carbocycles. The van der Waals surface area contributed by atoms with Crippen molar-refractivity contribution in [3.63, 3.8) is 0 Å². The van der Waals surface area contributed by atoms with Crippen molar-refractivity contribution < 1.29 is 27.8 Å². The lowest BCUT2D eigenvalue weighted by atomic mass is 9.82. The Bertz CT molecular complexity index is 1100. The van der Waals surface area contributed by atoms with E-state index in [-0.39, 0.29) is 30.7 Å². The number of carboxylic acid groups (broad SMARTS) is 1. The Kier molecular flexibility index (Phi) is 7.16. The molecule has 2 aromatic carbocycles. The van der Waals surface area contributed by atoms with Crippen LogP contribution in [0.1, 0.15) is 69.9 Å². The van der Waals surface area contributed by atoms with Crippen LogP contribution >= 0.6 is 11.6 Å². The van der Waals surface area contributed by atoms with E-state index in [1.165, 1.54) is 5.56 Å². The van der Waals surface area contributed by atoms with Crippen molar-refractivity contribution in [3.8, 4) is 5.75 Å². The van der Waals surface area contributed by atoms with Crippen LogP contribution in [0.4, 0.5) is 13.2 Å².